The number of hydrogen-bond acceptors (Lipinski definition) is 5. The van der Waals surface area contributed by atoms with Gasteiger partial charge in [-0.3, -0.25) is 29.1 Å². The van der Waals surface area contributed by atoms with E-state index in [1.807, 2.05) is 0 Å². The predicted octanol–water partition coefficient (Wildman–Crippen LogP) is 1.22. The lowest BCUT2D eigenvalue weighted by molar-refractivity contribution is -0.135. The van der Waals surface area contributed by atoms with Crippen molar-refractivity contribution in [1.29, 1.82) is 0 Å². The maximum atomic E-state index is 13.1. The number of aryl methyl sites for hydroxylation is 2. The maximum Gasteiger partial charge on any atom is 0.266 e. The van der Waals surface area contributed by atoms with E-state index in [-0.39, 0.29) is 23.6 Å². The molecule has 8 heteroatoms. The number of carbonyl (C=O) groups excluding carboxylic acids is 2. The van der Waals surface area contributed by atoms with Crippen LogP contribution < -0.4 is 16.4 Å². The first-order valence-electron chi connectivity index (χ1n) is 9.08. The SMILES string of the molecule is O=C1CCC(n2c(=O)c3ccc4c(occ5n4CCCC5)c3c2=O)C(=O)N1. The van der Waals surface area contributed by atoms with Gasteiger partial charge in [-0.1, -0.05) is 0 Å². The van der Waals surface area contributed by atoms with E-state index in [0.717, 1.165) is 41.6 Å². The number of carbonyl (C=O) groups is 2. The summed E-state index contributed by atoms with van der Waals surface area (Å²) in [5.41, 5.74) is 1.13. The summed E-state index contributed by atoms with van der Waals surface area (Å²) in [5, 5.41) is 2.63. The summed E-state index contributed by atoms with van der Waals surface area (Å²) in [6, 6.07) is 2.45. The van der Waals surface area contributed by atoms with Crippen LogP contribution in [0.2, 0.25) is 0 Å². The van der Waals surface area contributed by atoms with Crippen LogP contribution in [0.15, 0.2) is 32.4 Å². The number of hydrogen-bond donors (Lipinski definition) is 1. The van der Waals surface area contributed by atoms with Crippen LogP contribution in [0.25, 0.3) is 21.9 Å². The van der Waals surface area contributed by atoms with Crippen molar-refractivity contribution < 1.29 is 14.0 Å². The highest BCUT2D eigenvalue weighted by molar-refractivity contribution is 6.03. The predicted molar refractivity (Wildman–Crippen MR) is 96.6 cm³/mol. The zero-order valence-corrected chi connectivity index (χ0v) is 14.5. The van der Waals surface area contributed by atoms with Gasteiger partial charge < -0.3 is 8.98 Å². The summed E-state index contributed by atoms with van der Waals surface area (Å²) < 4.78 is 8.86. The molecule has 1 atom stereocenters. The van der Waals surface area contributed by atoms with Crippen LogP contribution in [0.4, 0.5) is 0 Å². The normalized spacial score (nSPS) is 20.1. The molecule has 27 heavy (non-hydrogen) atoms. The van der Waals surface area contributed by atoms with Crippen molar-refractivity contribution in [3.8, 4) is 0 Å². The van der Waals surface area contributed by atoms with Gasteiger partial charge in [-0.15, -0.1) is 0 Å². The van der Waals surface area contributed by atoms with E-state index in [2.05, 4.69) is 9.88 Å². The van der Waals surface area contributed by atoms with Gasteiger partial charge in [0.05, 0.1) is 22.0 Å². The van der Waals surface area contributed by atoms with E-state index in [9.17, 15) is 19.2 Å². The molecule has 0 saturated carbocycles. The van der Waals surface area contributed by atoms with Crippen LogP contribution in [-0.2, 0) is 22.6 Å². The van der Waals surface area contributed by atoms with E-state index >= 15 is 0 Å². The highest BCUT2D eigenvalue weighted by atomic mass is 16.3. The van der Waals surface area contributed by atoms with Crippen LogP contribution in [0.5, 0.6) is 0 Å². The van der Waals surface area contributed by atoms with Gasteiger partial charge >= 0.3 is 0 Å². The topological polar surface area (TPSA) is 103 Å². The first kappa shape index (κ1) is 16.0. The fourth-order valence-corrected chi connectivity index (χ4v) is 4.23. The zero-order valence-electron chi connectivity index (χ0n) is 14.5. The minimum Gasteiger partial charge on any atom is -0.460 e. The van der Waals surface area contributed by atoms with Crippen molar-refractivity contribution in [1.82, 2.24) is 14.5 Å². The van der Waals surface area contributed by atoms with E-state index in [1.54, 1.807) is 18.4 Å². The molecule has 0 radical (unpaired) electrons. The molecule has 5 rings (SSSR count). The highest BCUT2D eigenvalue weighted by Gasteiger charge is 2.32. The largest absolute Gasteiger partial charge is 0.460 e. The number of nitrogens with one attached hydrogen (secondary N) is 1. The van der Waals surface area contributed by atoms with Crippen LogP contribution in [0.1, 0.15) is 37.4 Å². The van der Waals surface area contributed by atoms with E-state index in [4.69, 9.17) is 4.42 Å². The smallest absolute Gasteiger partial charge is 0.266 e. The van der Waals surface area contributed by atoms with Gasteiger partial charge in [0.15, 0.2) is 5.58 Å². The van der Waals surface area contributed by atoms with Crippen molar-refractivity contribution in [3.63, 3.8) is 0 Å². The molecule has 3 aromatic rings. The summed E-state index contributed by atoms with van der Waals surface area (Å²) in [5.74, 6) is -1.01. The molecule has 0 aliphatic carbocycles. The van der Waals surface area contributed by atoms with Crippen molar-refractivity contribution in [2.45, 2.75) is 44.7 Å². The number of nitrogens with zero attached hydrogens (tertiary/aromatic N) is 2. The molecule has 0 spiro atoms. The lowest BCUT2D eigenvalue weighted by Gasteiger charge is -2.20. The minimum atomic E-state index is -0.976. The number of rotatable bonds is 1. The number of imide groups is 1. The molecular weight excluding hydrogens is 350 g/mol. The average molecular weight is 367 g/mol. The Morgan fingerprint density at radius 2 is 1.89 bits per heavy atom. The van der Waals surface area contributed by atoms with Crippen LogP contribution in [-0.4, -0.2) is 20.9 Å². The second-order valence-electron chi connectivity index (χ2n) is 7.12. The molecule has 138 valence electrons. The average Bonchev–Trinajstić information content (AvgIpc) is 2.93. The van der Waals surface area contributed by atoms with Gasteiger partial charge in [-0.2, -0.15) is 0 Å². The molecule has 2 aliphatic rings. The van der Waals surface area contributed by atoms with E-state index in [0.29, 0.717) is 5.58 Å². The van der Waals surface area contributed by atoms with Crippen LogP contribution in [0, 0.1) is 0 Å². The molecular formula is C19H17N3O5. The molecule has 1 aromatic carbocycles. The Morgan fingerprint density at radius 1 is 1.04 bits per heavy atom. The van der Waals surface area contributed by atoms with Crippen molar-refractivity contribution in [2.75, 3.05) is 0 Å². The molecule has 1 N–H and O–H groups in total. The Morgan fingerprint density at radius 3 is 2.70 bits per heavy atom. The third kappa shape index (κ3) is 2.22. The van der Waals surface area contributed by atoms with E-state index < -0.39 is 29.0 Å². The molecule has 1 unspecified atom stereocenters. The number of piperidine rings is 1. The summed E-state index contributed by atoms with van der Waals surface area (Å²) in [7, 11) is 0. The number of aromatic nitrogens is 2. The fraction of sp³-hybridized carbons (Fsp3) is 0.368. The lowest BCUT2D eigenvalue weighted by atomic mass is 10.1. The van der Waals surface area contributed by atoms with Crippen LogP contribution >= 0.6 is 0 Å². The Kier molecular flexibility index (Phi) is 3.37. The fourth-order valence-electron chi connectivity index (χ4n) is 4.23. The van der Waals surface area contributed by atoms with Gasteiger partial charge in [0.2, 0.25) is 11.8 Å². The molecule has 1 fully saturated rings. The molecule has 2 aromatic heterocycles. The minimum absolute atomic E-state index is 0.0955. The van der Waals surface area contributed by atoms with Gasteiger partial charge in [0.1, 0.15) is 12.3 Å². The molecule has 4 heterocycles. The summed E-state index contributed by atoms with van der Waals surface area (Å²) in [6.45, 7) is 0.833. The Balaban J connectivity index is 1.79. The van der Waals surface area contributed by atoms with Gasteiger partial charge in [-0.25, -0.2) is 0 Å². The second-order valence-corrected chi connectivity index (χ2v) is 7.12. The van der Waals surface area contributed by atoms with E-state index in [1.165, 1.54) is 0 Å². The van der Waals surface area contributed by atoms with Gasteiger partial charge in [0.25, 0.3) is 11.1 Å². The summed E-state index contributed by atoms with van der Waals surface area (Å²) in [6.07, 6.45) is 4.92. The van der Waals surface area contributed by atoms with Crippen LogP contribution in [0.3, 0.4) is 0 Å². The summed E-state index contributed by atoms with van der Waals surface area (Å²) in [4.78, 5) is 49.5. The second kappa shape index (κ2) is 5.67. The maximum absolute atomic E-state index is 13.1. The van der Waals surface area contributed by atoms with Crippen molar-refractivity contribution >= 4 is 33.7 Å². The lowest BCUT2D eigenvalue weighted by Crippen LogP contribution is -2.46. The summed E-state index contributed by atoms with van der Waals surface area (Å²) >= 11 is 0. The Hall–Kier alpha value is -3.16. The zero-order chi connectivity index (χ0) is 18.7. The molecule has 0 bridgehead atoms. The van der Waals surface area contributed by atoms with Gasteiger partial charge in [0, 0.05) is 13.0 Å². The van der Waals surface area contributed by atoms with Crippen molar-refractivity contribution in [2.24, 2.45) is 0 Å². The Labute approximate surface area is 152 Å². The monoisotopic (exact) mass is 367 g/mol. The Bertz CT molecular complexity index is 1250. The third-order valence-electron chi connectivity index (χ3n) is 5.56. The van der Waals surface area contributed by atoms with Crippen molar-refractivity contribution in [3.05, 3.63) is 44.8 Å². The first-order valence-corrected chi connectivity index (χ1v) is 9.08. The standard InChI is InChI=1S/C19H17N3O5/c23-14-7-6-13(17(24)20-14)22-18(25)11-4-5-12-16(15(11)19(22)26)27-9-10-3-1-2-8-21(10)12/h4-5,9,13H,1-3,6-8H2,(H,20,23,24). The first-order chi connectivity index (χ1) is 13.1. The molecule has 2 aliphatic heterocycles. The number of amides is 2. The number of fused-ring (bicyclic) bond motifs is 5. The highest BCUT2D eigenvalue weighted by Crippen LogP contribution is 2.27. The van der Waals surface area contributed by atoms with Gasteiger partial charge in [-0.05, 0) is 37.8 Å². The molecule has 2 amide bonds. The third-order valence-corrected chi connectivity index (χ3v) is 5.56. The number of benzene rings is 1. The molecule has 8 nitrogen and oxygen atoms in total. The quantitative estimate of drug-likeness (QED) is 0.652. The molecule has 1 saturated heterocycles.